The molecule has 10 nitrogen and oxygen atoms in total. The van der Waals surface area contributed by atoms with Crippen LogP contribution < -0.4 is 15.1 Å². The number of ether oxygens (including phenoxy) is 2. The lowest BCUT2D eigenvalue weighted by atomic mass is 9.92. The van der Waals surface area contributed by atoms with Gasteiger partial charge in [0.15, 0.2) is 4.90 Å². The van der Waals surface area contributed by atoms with Crippen LogP contribution in [0.5, 0.6) is 0 Å². The number of esters is 1. The summed E-state index contributed by atoms with van der Waals surface area (Å²) in [7, 11) is 1.37. The molecule has 1 aromatic heterocycles. The van der Waals surface area contributed by atoms with Gasteiger partial charge in [-0.1, -0.05) is 60.1 Å². The molecule has 258 valence electrons. The molecule has 2 unspecified atom stereocenters. The molecule has 4 atom stereocenters. The van der Waals surface area contributed by atoms with Gasteiger partial charge in [0.1, 0.15) is 23.7 Å². The molecule has 2 fully saturated rings. The Balaban J connectivity index is 0.989. The maximum Gasteiger partial charge on any atom is 0.407 e. The van der Waals surface area contributed by atoms with E-state index in [0.717, 1.165) is 46.7 Å². The number of hydrogen-bond donors (Lipinski definition) is 1. The third-order valence-electron chi connectivity index (χ3n) is 10.5. The van der Waals surface area contributed by atoms with Crippen molar-refractivity contribution < 1.29 is 23.6 Å². The van der Waals surface area contributed by atoms with E-state index in [-0.39, 0.29) is 24.5 Å². The molecule has 1 saturated heterocycles. The van der Waals surface area contributed by atoms with E-state index < -0.39 is 29.1 Å². The molecule has 0 spiro atoms. The van der Waals surface area contributed by atoms with Crippen molar-refractivity contribution in [3.8, 4) is 11.1 Å². The van der Waals surface area contributed by atoms with Gasteiger partial charge in [0.2, 0.25) is 5.95 Å². The Morgan fingerprint density at radius 3 is 2.26 bits per heavy atom. The summed E-state index contributed by atoms with van der Waals surface area (Å²) in [6.45, 7) is 3.18. The smallest absolute Gasteiger partial charge is 0.407 e. The largest absolute Gasteiger partial charge is 0.611 e. The maximum absolute atomic E-state index is 13.3. The van der Waals surface area contributed by atoms with Crippen molar-refractivity contribution in [3.05, 3.63) is 100 Å². The minimum atomic E-state index is -1.27. The average molecular weight is 712 g/mol. The SMILES string of the molecule is COC(=O)[C@@H]1C[C@@H](NC(=O)OCC2c3ccccc3-c3ccccc32)CC1c1nc(N2CCN(c3ccc(Cl)cc3)CC2)nc2c1[S+]([O-])CC2. The molecule has 4 aromatic rings. The van der Waals surface area contributed by atoms with Crippen LogP contribution in [0.2, 0.25) is 5.02 Å². The molecule has 8 rings (SSSR count). The summed E-state index contributed by atoms with van der Waals surface area (Å²) in [5, 5.41) is 3.73. The highest BCUT2D eigenvalue weighted by Crippen LogP contribution is 2.46. The van der Waals surface area contributed by atoms with Crippen molar-refractivity contribution in [1.29, 1.82) is 0 Å². The summed E-state index contributed by atoms with van der Waals surface area (Å²) < 4.78 is 24.4. The van der Waals surface area contributed by atoms with Crippen LogP contribution in [0.25, 0.3) is 11.1 Å². The molecule has 1 amide bonds. The van der Waals surface area contributed by atoms with Crippen LogP contribution >= 0.6 is 11.6 Å². The van der Waals surface area contributed by atoms with Gasteiger partial charge in [-0.05, 0) is 70.5 Å². The van der Waals surface area contributed by atoms with Gasteiger partial charge < -0.3 is 29.1 Å². The molecule has 0 radical (unpaired) electrons. The third kappa shape index (κ3) is 6.16. The summed E-state index contributed by atoms with van der Waals surface area (Å²) in [4.78, 5) is 41.5. The van der Waals surface area contributed by atoms with Crippen LogP contribution in [0.1, 0.15) is 47.2 Å². The number of halogens is 1. The number of nitrogens with zero attached hydrogens (tertiary/aromatic N) is 4. The zero-order valence-corrected chi connectivity index (χ0v) is 29.3. The van der Waals surface area contributed by atoms with Crippen LogP contribution in [-0.2, 0) is 31.9 Å². The lowest BCUT2D eigenvalue weighted by molar-refractivity contribution is -0.145. The number of alkyl carbamates (subject to hydrolysis) is 1. The number of benzene rings is 3. The van der Waals surface area contributed by atoms with Crippen molar-refractivity contribution in [3.63, 3.8) is 0 Å². The van der Waals surface area contributed by atoms with Gasteiger partial charge in [0.05, 0.1) is 13.0 Å². The Hall–Kier alpha value is -4.32. The number of carbonyl (C=O) groups excluding carboxylic acids is 2. The zero-order valence-electron chi connectivity index (χ0n) is 27.7. The summed E-state index contributed by atoms with van der Waals surface area (Å²) in [6.07, 6.45) is 0.861. The van der Waals surface area contributed by atoms with Crippen LogP contribution in [-0.4, -0.2) is 78.3 Å². The van der Waals surface area contributed by atoms with Crippen LogP contribution in [0.4, 0.5) is 16.4 Å². The van der Waals surface area contributed by atoms with Gasteiger partial charge in [-0.25, -0.2) is 14.8 Å². The molecule has 3 aromatic carbocycles. The van der Waals surface area contributed by atoms with Gasteiger partial charge >= 0.3 is 12.1 Å². The predicted molar refractivity (Wildman–Crippen MR) is 192 cm³/mol. The molecule has 1 saturated carbocycles. The number of anilines is 2. The topological polar surface area (TPSA) is 120 Å². The van der Waals surface area contributed by atoms with Crippen LogP contribution in [0.15, 0.2) is 77.7 Å². The monoisotopic (exact) mass is 711 g/mol. The van der Waals surface area contributed by atoms with Gasteiger partial charge in [-0.2, -0.15) is 0 Å². The Labute approximate surface area is 299 Å². The van der Waals surface area contributed by atoms with Crippen LogP contribution in [0, 0.1) is 5.92 Å². The number of amides is 1. The molecular weight excluding hydrogens is 674 g/mol. The fourth-order valence-electron chi connectivity index (χ4n) is 8.10. The summed E-state index contributed by atoms with van der Waals surface area (Å²) >= 11 is 4.83. The first-order chi connectivity index (χ1) is 24.4. The molecule has 12 heteroatoms. The van der Waals surface area contributed by atoms with Gasteiger partial charge in [0, 0.05) is 61.2 Å². The highest BCUT2D eigenvalue weighted by Gasteiger charge is 2.46. The standard InChI is InChI=1S/C38H38ClN5O5S/c1-48-36(45)31-21-24(40-38(46)49-22-32-28-8-4-2-6-26(28)27-7-3-5-9-29(27)32)20-30(31)34-35-33(14-19-50(35)47)41-37(42-34)44-17-15-43(16-18-44)25-12-10-23(39)11-13-25/h2-13,24,30-32H,14-22H2,1H3,(H,40,46)/t24-,30?,31+,50?/m0/s1. The molecule has 4 aliphatic rings. The Bertz CT molecular complexity index is 1870. The fourth-order valence-corrected chi connectivity index (χ4v) is 9.65. The molecule has 3 heterocycles. The molecule has 1 N–H and O–H groups in total. The van der Waals surface area contributed by atoms with E-state index in [2.05, 4.69) is 39.4 Å². The average Bonchev–Trinajstić information content (AvgIpc) is 3.84. The van der Waals surface area contributed by atoms with E-state index in [0.29, 0.717) is 59.7 Å². The Kier molecular flexibility index (Phi) is 9.05. The second kappa shape index (κ2) is 13.8. The molecular formula is C38H38ClN5O5S. The Morgan fingerprint density at radius 2 is 1.58 bits per heavy atom. The van der Waals surface area contributed by atoms with E-state index in [1.807, 2.05) is 48.5 Å². The van der Waals surface area contributed by atoms with Gasteiger partial charge in [-0.3, -0.25) is 4.79 Å². The third-order valence-corrected chi connectivity index (χ3v) is 12.3. The number of rotatable bonds is 7. The number of piperazine rings is 1. The number of aromatic nitrogens is 2. The van der Waals surface area contributed by atoms with Gasteiger partial charge in [-0.15, -0.1) is 0 Å². The van der Waals surface area contributed by atoms with Crippen molar-refractivity contribution in [2.24, 2.45) is 5.92 Å². The second-order valence-corrected chi connectivity index (χ2v) is 15.3. The quantitative estimate of drug-likeness (QED) is 0.190. The highest BCUT2D eigenvalue weighted by molar-refractivity contribution is 7.91. The number of aryl methyl sites for hydroxylation is 1. The minimum absolute atomic E-state index is 0.0580. The second-order valence-electron chi connectivity index (χ2n) is 13.3. The van der Waals surface area contributed by atoms with E-state index in [1.54, 1.807) is 0 Å². The molecule has 0 bridgehead atoms. The summed E-state index contributed by atoms with van der Waals surface area (Å²) in [6, 6.07) is 23.9. The van der Waals surface area contributed by atoms with E-state index in [9.17, 15) is 14.1 Å². The lowest BCUT2D eigenvalue weighted by Crippen LogP contribution is -2.47. The maximum atomic E-state index is 13.3. The lowest BCUT2D eigenvalue weighted by Gasteiger charge is -2.36. The molecule has 2 aliphatic heterocycles. The van der Waals surface area contributed by atoms with E-state index in [1.165, 1.54) is 7.11 Å². The molecule has 50 heavy (non-hydrogen) atoms. The van der Waals surface area contributed by atoms with E-state index in [4.69, 9.17) is 31.0 Å². The minimum Gasteiger partial charge on any atom is -0.611 e. The van der Waals surface area contributed by atoms with Crippen molar-refractivity contribution in [2.45, 2.75) is 42.0 Å². The number of carbonyl (C=O) groups is 2. The number of hydrogen-bond acceptors (Lipinski definition) is 9. The van der Waals surface area contributed by atoms with Crippen molar-refractivity contribution in [1.82, 2.24) is 15.3 Å². The molecule has 2 aliphatic carbocycles. The number of methoxy groups -OCH3 is 1. The van der Waals surface area contributed by atoms with Crippen molar-refractivity contribution in [2.75, 3.05) is 55.4 Å². The number of fused-ring (bicyclic) bond motifs is 4. The van der Waals surface area contributed by atoms with Crippen molar-refractivity contribution >= 4 is 46.5 Å². The first-order valence-electron chi connectivity index (χ1n) is 17.1. The van der Waals surface area contributed by atoms with E-state index >= 15 is 0 Å². The Morgan fingerprint density at radius 1 is 0.920 bits per heavy atom. The first-order valence-corrected chi connectivity index (χ1v) is 18.8. The zero-order chi connectivity index (χ0) is 34.4. The fraction of sp³-hybridized carbons (Fsp3) is 0.368. The highest BCUT2D eigenvalue weighted by atomic mass is 35.5. The first kappa shape index (κ1) is 32.9. The van der Waals surface area contributed by atoms with Gasteiger partial charge in [0.25, 0.3) is 0 Å². The normalized spacial score (nSPS) is 22.5. The summed E-state index contributed by atoms with van der Waals surface area (Å²) in [5.74, 6) is -0.329. The summed E-state index contributed by atoms with van der Waals surface area (Å²) in [5.41, 5.74) is 7.13. The predicted octanol–water partition coefficient (Wildman–Crippen LogP) is 5.69. The van der Waals surface area contributed by atoms with Crippen LogP contribution in [0.3, 0.4) is 0 Å². The number of nitrogens with one attached hydrogen (secondary N) is 1.